The molecule has 1 heterocycles. The van der Waals surface area contributed by atoms with E-state index in [0.717, 1.165) is 18.4 Å². The van der Waals surface area contributed by atoms with Crippen LogP contribution in [-0.4, -0.2) is 92.0 Å². The maximum Gasteiger partial charge on any atom is 0.186 e. The summed E-state index contributed by atoms with van der Waals surface area (Å²) in [7, 11) is 0. The minimum atomic E-state index is -1.89. The van der Waals surface area contributed by atoms with Crippen LogP contribution >= 0.6 is 0 Å². The van der Waals surface area contributed by atoms with E-state index in [1.807, 2.05) is 12.2 Å². The smallest absolute Gasteiger partial charge is 0.186 e. The number of aliphatic hydroxyl groups excluding tert-OH is 5. The largest absolute Gasteiger partial charge is 0.394 e. The van der Waals surface area contributed by atoms with Crippen molar-refractivity contribution in [2.75, 3.05) is 13.2 Å². The summed E-state index contributed by atoms with van der Waals surface area (Å²) in [6, 6.07) is 0. The molecule has 2 saturated carbocycles. The maximum absolute atomic E-state index is 13.4. The molecule has 0 radical (unpaired) electrons. The second kappa shape index (κ2) is 9.24. The van der Waals surface area contributed by atoms with Gasteiger partial charge in [-0.2, -0.15) is 0 Å². The lowest BCUT2D eigenvalue weighted by molar-refractivity contribution is -0.337. The zero-order valence-electron chi connectivity index (χ0n) is 21.6. The first kappa shape index (κ1) is 27.9. The van der Waals surface area contributed by atoms with Crippen LogP contribution in [0.5, 0.6) is 0 Å². The van der Waals surface area contributed by atoms with Gasteiger partial charge in [-0.15, -0.1) is 6.58 Å². The van der Waals surface area contributed by atoms with Gasteiger partial charge in [-0.05, 0) is 49.0 Å². The predicted octanol–water partition coefficient (Wildman–Crippen LogP) is 0.449. The summed E-state index contributed by atoms with van der Waals surface area (Å²) >= 11 is 0. The van der Waals surface area contributed by atoms with Crippen LogP contribution in [0.15, 0.2) is 24.3 Å². The van der Waals surface area contributed by atoms with Gasteiger partial charge in [0.05, 0.1) is 25.4 Å². The highest BCUT2D eigenvalue weighted by Gasteiger charge is 2.63. The van der Waals surface area contributed by atoms with Crippen molar-refractivity contribution in [3.8, 4) is 0 Å². The first-order valence-electron chi connectivity index (χ1n) is 12.9. The molecule has 0 aromatic heterocycles. The van der Waals surface area contributed by atoms with E-state index < -0.39 is 59.8 Å². The van der Waals surface area contributed by atoms with Crippen LogP contribution in [0.3, 0.4) is 0 Å². The molecule has 0 spiro atoms. The molecule has 9 nitrogen and oxygen atoms in total. The number of ether oxygens (including phenoxy) is 2. The van der Waals surface area contributed by atoms with Gasteiger partial charge in [0.25, 0.3) is 0 Å². The monoisotopic (exact) mass is 510 g/mol. The van der Waals surface area contributed by atoms with Crippen LogP contribution in [0.2, 0.25) is 0 Å². The number of allylic oxidation sites excluding steroid dienone is 3. The summed E-state index contributed by atoms with van der Waals surface area (Å²) < 4.78 is 11.5. The molecule has 0 aromatic rings. The van der Waals surface area contributed by atoms with Crippen molar-refractivity contribution in [1.82, 2.24) is 0 Å². The van der Waals surface area contributed by atoms with E-state index in [4.69, 9.17) is 9.47 Å². The van der Waals surface area contributed by atoms with E-state index in [2.05, 4.69) is 20.4 Å². The van der Waals surface area contributed by atoms with Crippen molar-refractivity contribution in [2.24, 2.45) is 28.1 Å². The van der Waals surface area contributed by atoms with E-state index in [-0.39, 0.29) is 36.1 Å². The number of aliphatic hydroxyl groups is 6. The Morgan fingerprint density at radius 1 is 1.17 bits per heavy atom. The molecular formula is C27H42O9. The lowest BCUT2D eigenvalue weighted by Crippen LogP contribution is -2.67. The number of rotatable bonds is 5. The van der Waals surface area contributed by atoms with Gasteiger partial charge in [-0.3, -0.25) is 4.79 Å². The van der Waals surface area contributed by atoms with E-state index in [1.54, 1.807) is 6.92 Å². The van der Waals surface area contributed by atoms with E-state index in [0.29, 0.717) is 6.42 Å². The molecule has 0 amide bonds. The van der Waals surface area contributed by atoms with E-state index in [1.165, 1.54) is 6.92 Å². The number of fused-ring (bicyclic) bond motifs is 3. The Hall–Kier alpha value is -1.17. The second-order valence-corrected chi connectivity index (χ2v) is 12.5. The number of ketones is 1. The van der Waals surface area contributed by atoms with Crippen LogP contribution in [0, 0.1) is 28.1 Å². The fraction of sp³-hybridized carbons (Fsp3) is 0.815. The molecule has 12 atom stereocenters. The highest BCUT2D eigenvalue weighted by atomic mass is 16.7. The molecule has 12 unspecified atom stereocenters. The molecule has 6 N–H and O–H groups in total. The molecule has 0 aromatic carbocycles. The van der Waals surface area contributed by atoms with Gasteiger partial charge in [0.2, 0.25) is 0 Å². The third-order valence-electron chi connectivity index (χ3n) is 9.96. The Bertz CT molecular complexity index is 913. The first-order chi connectivity index (χ1) is 16.6. The Morgan fingerprint density at radius 2 is 1.83 bits per heavy atom. The third-order valence-corrected chi connectivity index (χ3v) is 9.96. The molecular weight excluding hydrogens is 468 g/mol. The zero-order chi connectivity index (χ0) is 26.8. The summed E-state index contributed by atoms with van der Waals surface area (Å²) in [5.41, 5.74) is -2.94. The van der Waals surface area contributed by atoms with E-state index in [9.17, 15) is 35.4 Å². The predicted molar refractivity (Wildman–Crippen MR) is 129 cm³/mol. The van der Waals surface area contributed by atoms with Gasteiger partial charge >= 0.3 is 0 Å². The van der Waals surface area contributed by atoms with Crippen molar-refractivity contribution >= 4 is 5.78 Å². The lowest BCUT2D eigenvalue weighted by Gasteiger charge is -2.62. The molecule has 36 heavy (non-hydrogen) atoms. The van der Waals surface area contributed by atoms with Crippen LogP contribution < -0.4 is 0 Å². The Balaban J connectivity index is 1.63. The molecule has 1 aliphatic heterocycles. The summed E-state index contributed by atoms with van der Waals surface area (Å²) in [4.78, 5) is 13.4. The van der Waals surface area contributed by atoms with Crippen LogP contribution in [0.25, 0.3) is 0 Å². The van der Waals surface area contributed by atoms with Gasteiger partial charge < -0.3 is 40.1 Å². The van der Waals surface area contributed by atoms with Gasteiger partial charge in [0.15, 0.2) is 12.1 Å². The standard InChI is InChI=1S/C27H42O9/c1-6-24(2)8-7-15-14(10-24)16(29)9-18-25(15,3)11-17(30)21(32)26(18,4)13-35-23-20(31)22(33)27(5,34)19(12-28)36-23/h6,10,15,17-23,28,30-34H,1,7-9,11-13H2,2-5H3. The topological polar surface area (TPSA) is 157 Å². The molecule has 9 heteroatoms. The van der Waals surface area contributed by atoms with Crippen LogP contribution in [0.4, 0.5) is 0 Å². The van der Waals surface area contributed by atoms with Crippen LogP contribution in [-0.2, 0) is 14.3 Å². The molecule has 4 rings (SSSR count). The number of Topliss-reactive ketones (excluding diaryl/α,β-unsaturated/α-hetero) is 1. The molecule has 4 aliphatic rings. The Labute approximate surface area is 212 Å². The van der Waals surface area contributed by atoms with Gasteiger partial charge in [0, 0.05) is 17.3 Å². The van der Waals surface area contributed by atoms with Gasteiger partial charge in [-0.25, -0.2) is 0 Å². The van der Waals surface area contributed by atoms with Crippen molar-refractivity contribution in [3.05, 3.63) is 24.3 Å². The molecule has 204 valence electrons. The number of hydrogen-bond donors (Lipinski definition) is 6. The lowest BCUT2D eigenvalue weighted by atomic mass is 9.44. The third kappa shape index (κ3) is 4.12. The fourth-order valence-corrected chi connectivity index (χ4v) is 7.40. The quantitative estimate of drug-likeness (QED) is 0.289. The highest BCUT2D eigenvalue weighted by Crippen LogP contribution is 2.63. The maximum atomic E-state index is 13.4. The molecule has 3 fully saturated rings. The first-order valence-corrected chi connectivity index (χ1v) is 12.9. The summed E-state index contributed by atoms with van der Waals surface area (Å²) in [5.74, 6) is -0.384. The number of carbonyl (C=O) groups is 1. The summed E-state index contributed by atoms with van der Waals surface area (Å²) in [6.45, 7) is 10.3. The average molecular weight is 511 g/mol. The Morgan fingerprint density at radius 3 is 2.44 bits per heavy atom. The van der Waals surface area contributed by atoms with Crippen LogP contribution in [0.1, 0.15) is 53.4 Å². The molecule has 0 bridgehead atoms. The summed E-state index contributed by atoms with van der Waals surface area (Å²) in [5, 5.41) is 63.2. The SMILES string of the molecule is C=CC1(C)C=C2C(=O)CC3C(C)(CC(O)C(O)C3(C)COC3OC(CO)C(C)(O)C(O)C3O)C2CC1. The summed E-state index contributed by atoms with van der Waals surface area (Å²) in [6.07, 6.45) is -2.07. The normalized spacial score (nSPS) is 53.3. The average Bonchev–Trinajstić information content (AvgIpc) is 2.83. The second-order valence-electron chi connectivity index (χ2n) is 12.5. The number of hydrogen-bond acceptors (Lipinski definition) is 9. The minimum absolute atomic E-state index is 0.0193. The van der Waals surface area contributed by atoms with Gasteiger partial charge in [-0.1, -0.05) is 32.9 Å². The van der Waals surface area contributed by atoms with E-state index >= 15 is 0 Å². The zero-order valence-corrected chi connectivity index (χ0v) is 21.6. The Kier molecular flexibility index (Phi) is 7.15. The van der Waals surface area contributed by atoms with Crippen molar-refractivity contribution in [3.63, 3.8) is 0 Å². The molecule has 1 saturated heterocycles. The molecule has 3 aliphatic carbocycles. The van der Waals surface area contributed by atoms with Crippen molar-refractivity contribution in [2.45, 2.75) is 95.8 Å². The highest BCUT2D eigenvalue weighted by molar-refractivity contribution is 5.97. The minimum Gasteiger partial charge on any atom is -0.394 e. The van der Waals surface area contributed by atoms with Crippen molar-refractivity contribution < 1.29 is 44.9 Å². The fourth-order valence-electron chi connectivity index (χ4n) is 7.40. The number of carbonyl (C=O) groups excluding carboxylic acids is 1. The van der Waals surface area contributed by atoms with Crippen molar-refractivity contribution in [1.29, 1.82) is 0 Å². The van der Waals surface area contributed by atoms with Gasteiger partial charge in [0.1, 0.15) is 23.9 Å².